The summed E-state index contributed by atoms with van der Waals surface area (Å²) in [7, 11) is 0. The van der Waals surface area contributed by atoms with Crippen molar-refractivity contribution in [2.24, 2.45) is 0 Å². The highest BCUT2D eigenvalue weighted by molar-refractivity contribution is 7.80. The molecule has 1 aromatic carbocycles. The van der Waals surface area contributed by atoms with Crippen molar-refractivity contribution in [2.45, 2.75) is 15.6 Å². The number of carbonyl (C=O) groups is 1. The van der Waals surface area contributed by atoms with Gasteiger partial charge in [0.1, 0.15) is 0 Å². The Balaban J connectivity index is 3.45. The summed E-state index contributed by atoms with van der Waals surface area (Å²) in [4.78, 5) is 11.8. The van der Waals surface area contributed by atoms with Crippen molar-refractivity contribution in [3.05, 3.63) is 29.3 Å². The van der Waals surface area contributed by atoms with Gasteiger partial charge in [0.25, 0.3) is 0 Å². The number of Topliss-reactive ketones (excluding diaryl/α,β-unsaturated/α-hetero) is 1. The first-order valence-electron chi connectivity index (χ1n) is 3.74. The summed E-state index contributed by atoms with van der Waals surface area (Å²) in [5.41, 5.74) is 0.721. The number of benzene rings is 1. The molecule has 5 heteroatoms. The molecule has 0 aliphatic heterocycles. The highest BCUT2D eigenvalue weighted by Crippen LogP contribution is 2.43. The zero-order valence-electron chi connectivity index (χ0n) is 7.22. The van der Waals surface area contributed by atoms with E-state index in [0.717, 1.165) is 0 Å². The number of carbonyl (C=O) groups excluding carboxylic acids is 1. The van der Waals surface area contributed by atoms with Crippen LogP contribution in [0.4, 0.5) is 0 Å². The Bertz CT molecular complexity index is 371. The summed E-state index contributed by atoms with van der Waals surface area (Å²) in [5.74, 6) is -0.151. The van der Waals surface area contributed by atoms with Crippen LogP contribution >= 0.6 is 47.4 Å². The number of hydrogen-bond donors (Lipinski definition) is 1. The molecule has 0 atom stereocenters. The van der Waals surface area contributed by atoms with E-state index in [1.807, 2.05) is 0 Å². The number of rotatable bonds is 1. The lowest BCUT2D eigenvalue weighted by atomic mass is 10.1. The van der Waals surface area contributed by atoms with E-state index in [-0.39, 0.29) is 5.78 Å². The van der Waals surface area contributed by atoms with E-state index < -0.39 is 3.79 Å². The minimum atomic E-state index is -1.63. The van der Waals surface area contributed by atoms with Crippen LogP contribution in [0.1, 0.15) is 22.8 Å². The van der Waals surface area contributed by atoms with Gasteiger partial charge in [-0.05, 0) is 13.0 Å². The van der Waals surface area contributed by atoms with Gasteiger partial charge in [0, 0.05) is 16.0 Å². The maximum Gasteiger partial charge on any atom is 0.217 e. The van der Waals surface area contributed by atoms with Gasteiger partial charge in [-0.1, -0.05) is 46.9 Å². The van der Waals surface area contributed by atoms with Crippen LogP contribution in [0.15, 0.2) is 23.1 Å². The second-order valence-corrected chi connectivity index (χ2v) is 5.52. The van der Waals surface area contributed by atoms with Gasteiger partial charge in [0.15, 0.2) is 5.78 Å². The fourth-order valence-electron chi connectivity index (χ4n) is 1.13. The minimum absolute atomic E-state index is 0.151. The van der Waals surface area contributed by atoms with Crippen LogP contribution in [0.25, 0.3) is 0 Å². The smallest absolute Gasteiger partial charge is 0.217 e. The minimum Gasteiger partial charge on any atom is -0.294 e. The monoisotopic (exact) mass is 268 g/mol. The fraction of sp³-hybridized carbons (Fsp3) is 0.222. The van der Waals surface area contributed by atoms with Crippen molar-refractivity contribution in [1.29, 1.82) is 0 Å². The summed E-state index contributed by atoms with van der Waals surface area (Å²) in [6, 6.07) is 4.98. The summed E-state index contributed by atoms with van der Waals surface area (Å²) in [6.45, 7) is 1.42. The maximum absolute atomic E-state index is 11.3. The molecule has 0 radical (unpaired) electrons. The average Bonchev–Trinajstić information content (AvgIpc) is 2.01. The molecule has 0 aliphatic rings. The maximum atomic E-state index is 11.3. The van der Waals surface area contributed by atoms with Gasteiger partial charge in [-0.25, -0.2) is 0 Å². The van der Waals surface area contributed by atoms with E-state index in [1.54, 1.807) is 18.2 Å². The molecule has 14 heavy (non-hydrogen) atoms. The predicted octanol–water partition coefficient (Wildman–Crippen LogP) is 4.00. The second kappa shape index (κ2) is 4.31. The molecule has 1 rings (SSSR count). The molecule has 0 unspecified atom stereocenters. The van der Waals surface area contributed by atoms with Crippen molar-refractivity contribution in [3.63, 3.8) is 0 Å². The molecule has 0 saturated carbocycles. The lowest BCUT2D eigenvalue weighted by Gasteiger charge is -2.16. The molecule has 0 spiro atoms. The number of ketones is 1. The summed E-state index contributed by atoms with van der Waals surface area (Å²) in [6.07, 6.45) is 0. The SMILES string of the molecule is CC(=O)c1cccc(S)c1C(Cl)(Cl)Cl. The summed E-state index contributed by atoms with van der Waals surface area (Å²) >= 11 is 21.4. The molecule has 0 heterocycles. The molecule has 0 fully saturated rings. The van der Waals surface area contributed by atoms with Crippen molar-refractivity contribution >= 4 is 53.2 Å². The van der Waals surface area contributed by atoms with Gasteiger partial charge in [0.05, 0.1) is 0 Å². The fourth-order valence-corrected chi connectivity index (χ4v) is 2.31. The van der Waals surface area contributed by atoms with E-state index in [2.05, 4.69) is 12.6 Å². The Labute approximate surface area is 103 Å². The zero-order chi connectivity index (χ0) is 10.9. The zero-order valence-corrected chi connectivity index (χ0v) is 10.4. The van der Waals surface area contributed by atoms with Gasteiger partial charge in [-0.3, -0.25) is 4.79 Å². The first-order chi connectivity index (χ1) is 6.34. The Morgan fingerprint density at radius 2 is 1.93 bits per heavy atom. The second-order valence-electron chi connectivity index (χ2n) is 2.75. The van der Waals surface area contributed by atoms with Crippen LogP contribution < -0.4 is 0 Å². The van der Waals surface area contributed by atoms with E-state index in [0.29, 0.717) is 16.0 Å². The van der Waals surface area contributed by atoms with Gasteiger partial charge >= 0.3 is 0 Å². The highest BCUT2D eigenvalue weighted by Gasteiger charge is 2.29. The van der Waals surface area contributed by atoms with Crippen molar-refractivity contribution in [1.82, 2.24) is 0 Å². The molecule has 0 amide bonds. The molecular weight excluding hydrogens is 263 g/mol. The number of halogens is 3. The molecule has 0 bridgehead atoms. The first-order valence-corrected chi connectivity index (χ1v) is 5.32. The lowest BCUT2D eigenvalue weighted by Crippen LogP contribution is -2.09. The molecule has 1 aromatic rings. The number of thiol groups is 1. The normalized spacial score (nSPS) is 11.5. The Hall–Kier alpha value is 0.110. The predicted molar refractivity (Wildman–Crippen MR) is 62.9 cm³/mol. The van der Waals surface area contributed by atoms with Crippen LogP contribution in [0.2, 0.25) is 0 Å². The van der Waals surface area contributed by atoms with Gasteiger partial charge in [0.2, 0.25) is 3.79 Å². The number of alkyl halides is 3. The lowest BCUT2D eigenvalue weighted by molar-refractivity contribution is 0.101. The van der Waals surface area contributed by atoms with E-state index in [1.165, 1.54) is 6.92 Å². The third kappa shape index (κ3) is 2.57. The molecule has 1 nitrogen and oxygen atoms in total. The first kappa shape index (κ1) is 12.2. The molecular formula is C9H7Cl3OS. The third-order valence-corrected chi connectivity index (χ3v) is 2.64. The van der Waals surface area contributed by atoms with Crippen molar-refractivity contribution < 1.29 is 4.79 Å². The Morgan fingerprint density at radius 3 is 2.29 bits per heavy atom. The Morgan fingerprint density at radius 1 is 1.36 bits per heavy atom. The number of hydrogen-bond acceptors (Lipinski definition) is 2. The standard InChI is InChI=1S/C9H7Cl3OS/c1-5(13)6-3-2-4-7(14)8(6)9(10,11)12/h2-4,14H,1H3. The topological polar surface area (TPSA) is 17.1 Å². The van der Waals surface area contributed by atoms with E-state index in [9.17, 15) is 4.79 Å². The van der Waals surface area contributed by atoms with Crippen molar-refractivity contribution in [2.75, 3.05) is 0 Å². The Kier molecular flexibility index (Phi) is 3.75. The van der Waals surface area contributed by atoms with Crippen LogP contribution in [-0.2, 0) is 3.79 Å². The van der Waals surface area contributed by atoms with Crippen LogP contribution in [0, 0.1) is 0 Å². The molecule has 0 saturated heterocycles. The van der Waals surface area contributed by atoms with Gasteiger partial charge in [-0.2, -0.15) is 0 Å². The van der Waals surface area contributed by atoms with Crippen LogP contribution in [0.5, 0.6) is 0 Å². The molecule has 0 aliphatic carbocycles. The summed E-state index contributed by atoms with van der Waals surface area (Å²) < 4.78 is -1.63. The van der Waals surface area contributed by atoms with Crippen molar-refractivity contribution in [3.8, 4) is 0 Å². The molecule has 0 N–H and O–H groups in total. The highest BCUT2D eigenvalue weighted by atomic mass is 35.6. The molecule has 0 aromatic heterocycles. The van der Waals surface area contributed by atoms with E-state index in [4.69, 9.17) is 34.8 Å². The van der Waals surface area contributed by atoms with Crippen LogP contribution in [-0.4, -0.2) is 5.78 Å². The summed E-state index contributed by atoms with van der Waals surface area (Å²) in [5, 5.41) is 0. The third-order valence-electron chi connectivity index (χ3n) is 1.71. The average molecular weight is 270 g/mol. The van der Waals surface area contributed by atoms with Crippen LogP contribution in [0.3, 0.4) is 0 Å². The quantitative estimate of drug-likeness (QED) is 0.463. The largest absolute Gasteiger partial charge is 0.294 e. The van der Waals surface area contributed by atoms with E-state index >= 15 is 0 Å². The molecule has 76 valence electrons. The van der Waals surface area contributed by atoms with Gasteiger partial charge < -0.3 is 0 Å². The van der Waals surface area contributed by atoms with Gasteiger partial charge in [-0.15, -0.1) is 12.6 Å².